The molecule has 0 aliphatic rings. The van der Waals surface area contributed by atoms with Crippen molar-refractivity contribution in [2.75, 3.05) is 13.1 Å². The highest BCUT2D eigenvalue weighted by molar-refractivity contribution is 7.89. The van der Waals surface area contributed by atoms with Gasteiger partial charge in [0.2, 0.25) is 10.0 Å². The van der Waals surface area contributed by atoms with E-state index in [1.165, 1.54) is 18.2 Å². The Balaban J connectivity index is 1.78. The van der Waals surface area contributed by atoms with Crippen molar-refractivity contribution in [3.8, 4) is 0 Å². The fourth-order valence-electron chi connectivity index (χ4n) is 2.23. The summed E-state index contributed by atoms with van der Waals surface area (Å²) in [4.78, 5) is 12.0. The highest BCUT2D eigenvalue weighted by Gasteiger charge is 2.13. The van der Waals surface area contributed by atoms with Gasteiger partial charge in [-0.1, -0.05) is 31.2 Å². The van der Waals surface area contributed by atoms with E-state index in [0.29, 0.717) is 6.42 Å². The number of benzene rings is 2. The third kappa shape index (κ3) is 5.37. The van der Waals surface area contributed by atoms with Crippen molar-refractivity contribution in [1.29, 1.82) is 0 Å². The van der Waals surface area contributed by atoms with Crippen LogP contribution in [0.25, 0.3) is 0 Å². The van der Waals surface area contributed by atoms with Gasteiger partial charge in [0.25, 0.3) is 5.91 Å². The Hall–Kier alpha value is -2.25. The molecule has 0 fully saturated rings. The summed E-state index contributed by atoms with van der Waals surface area (Å²) in [6.45, 7) is 2.41. The van der Waals surface area contributed by atoms with Gasteiger partial charge in [0, 0.05) is 13.1 Å². The molecule has 0 aromatic heterocycles. The van der Waals surface area contributed by atoms with E-state index in [0.717, 1.165) is 12.0 Å². The molecule has 2 aromatic rings. The number of amides is 1. The molecule has 0 saturated heterocycles. The van der Waals surface area contributed by atoms with Gasteiger partial charge in [0.1, 0.15) is 5.82 Å². The molecular formula is C18H21FN2O3S. The highest BCUT2D eigenvalue weighted by Crippen LogP contribution is 2.11. The smallest absolute Gasteiger partial charge is 0.254 e. The summed E-state index contributed by atoms with van der Waals surface area (Å²) < 4.78 is 40.2. The topological polar surface area (TPSA) is 75.3 Å². The standard InChI is InChI=1S/C18H21FN2O3S/c1-2-14-8-10-15(11-9-14)25(23,24)21-13-5-12-20-18(22)16-6-3-4-7-17(16)19/h3-4,6-11,21H,2,5,12-13H2,1H3,(H,20,22). The molecule has 2 rings (SSSR count). The Morgan fingerprint density at radius 3 is 2.36 bits per heavy atom. The maximum absolute atomic E-state index is 13.5. The quantitative estimate of drug-likeness (QED) is 0.707. The molecule has 7 heteroatoms. The monoisotopic (exact) mass is 364 g/mol. The third-order valence-electron chi connectivity index (χ3n) is 3.69. The SMILES string of the molecule is CCc1ccc(S(=O)(=O)NCCCNC(=O)c2ccccc2F)cc1. The molecule has 0 heterocycles. The van der Waals surface area contributed by atoms with Gasteiger partial charge in [-0.2, -0.15) is 0 Å². The summed E-state index contributed by atoms with van der Waals surface area (Å²) in [5.74, 6) is -1.10. The van der Waals surface area contributed by atoms with Crippen LogP contribution in [0.5, 0.6) is 0 Å². The first kappa shape index (κ1) is 19.1. The first-order valence-corrected chi connectivity index (χ1v) is 9.53. The number of carbonyl (C=O) groups excluding carboxylic acids is 1. The predicted molar refractivity (Wildman–Crippen MR) is 94.4 cm³/mol. The Morgan fingerprint density at radius 2 is 1.72 bits per heavy atom. The molecule has 0 saturated carbocycles. The Morgan fingerprint density at radius 1 is 1.04 bits per heavy atom. The average molecular weight is 364 g/mol. The zero-order chi connectivity index (χ0) is 18.3. The Bertz CT molecular complexity index is 820. The molecule has 1 amide bonds. The van der Waals surface area contributed by atoms with Gasteiger partial charge in [0.05, 0.1) is 10.5 Å². The molecule has 25 heavy (non-hydrogen) atoms. The van der Waals surface area contributed by atoms with Gasteiger partial charge in [-0.05, 0) is 42.7 Å². The molecular weight excluding hydrogens is 343 g/mol. The third-order valence-corrected chi connectivity index (χ3v) is 5.17. The Kier molecular flexibility index (Phi) is 6.66. The summed E-state index contributed by atoms with van der Waals surface area (Å²) >= 11 is 0. The minimum absolute atomic E-state index is 0.0286. The summed E-state index contributed by atoms with van der Waals surface area (Å²) in [6, 6.07) is 12.4. The molecule has 0 aliphatic carbocycles. The van der Waals surface area contributed by atoms with Crippen molar-refractivity contribution >= 4 is 15.9 Å². The van der Waals surface area contributed by atoms with Crippen LogP contribution in [0.15, 0.2) is 53.4 Å². The van der Waals surface area contributed by atoms with E-state index in [1.54, 1.807) is 30.3 Å². The minimum atomic E-state index is -3.57. The normalized spacial score (nSPS) is 11.3. The van der Waals surface area contributed by atoms with Crippen LogP contribution in [0.2, 0.25) is 0 Å². The van der Waals surface area contributed by atoms with E-state index in [-0.39, 0.29) is 23.5 Å². The number of aryl methyl sites for hydroxylation is 1. The van der Waals surface area contributed by atoms with Gasteiger partial charge < -0.3 is 5.32 Å². The first-order chi connectivity index (χ1) is 11.9. The number of rotatable bonds is 8. The summed E-state index contributed by atoms with van der Waals surface area (Å²) in [6.07, 6.45) is 1.24. The molecule has 0 radical (unpaired) electrons. The van der Waals surface area contributed by atoms with Crippen molar-refractivity contribution in [1.82, 2.24) is 10.0 Å². The molecule has 0 atom stereocenters. The summed E-state index contributed by atoms with van der Waals surface area (Å²) in [5.41, 5.74) is 1.04. The van der Waals surface area contributed by atoms with E-state index in [4.69, 9.17) is 0 Å². The fourth-order valence-corrected chi connectivity index (χ4v) is 3.30. The molecule has 5 nitrogen and oxygen atoms in total. The second-order valence-electron chi connectivity index (χ2n) is 5.48. The van der Waals surface area contributed by atoms with Crippen molar-refractivity contribution < 1.29 is 17.6 Å². The fraction of sp³-hybridized carbons (Fsp3) is 0.278. The molecule has 2 N–H and O–H groups in total. The second-order valence-corrected chi connectivity index (χ2v) is 7.25. The van der Waals surface area contributed by atoms with Crippen LogP contribution in [0.3, 0.4) is 0 Å². The molecule has 0 spiro atoms. The van der Waals surface area contributed by atoms with Gasteiger partial charge >= 0.3 is 0 Å². The van der Waals surface area contributed by atoms with E-state index in [9.17, 15) is 17.6 Å². The second kappa shape index (κ2) is 8.73. The molecule has 0 bridgehead atoms. The Labute approximate surface area is 147 Å². The van der Waals surface area contributed by atoms with Gasteiger partial charge in [-0.15, -0.1) is 0 Å². The number of sulfonamides is 1. The van der Waals surface area contributed by atoms with Crippen LogP contribution in [-0.2, 0) is 16.4 Å². The lowest BCUT2D eigenvalue weighted by Crippen LogP contribution is -2.30. The van der Waals surface area contributed by atoms with Crippen LogP contribution in [-0.4, -0.2) is 27.4 Å². The lowest BCUT2D eigenvalue weighted by Gasteiger charge is -2.08. The molecule has 0 unspecified atom stereocenters. The van der Waals surface area contributed by atoms with E-state index < -0.39 is 21.7 Å². The number of hydrogen-bond donors (Lipinski definition) is 2. The molecule has 0 aliphatic heterocycles. The number of hydrogen-bond acceptors (Lipinski definition) is 3. The lowest BCUT2D eigenvalue weighted by molar-refractivity contribution is 0.0949. The maximum Gasteiger partial charge on any atom is 0.254 e. The molecule has 2 aromatic carbocycles. The summed E-state index contributed by atoms with van der Waals surface area (Å²) in [7, 11) is -3.57. The molecule has 134 valence electrons. The van der Waals surface area contributed by atoms with E-state index >= 15 is 0 Å². The van der Waals surface area contributed by atoms with Crippen molar-refractivity contribution in [2.45, 2.75) is 24.7 Å². The van der Waals surface area contributed by atoms with E-state index in [2.05, 4.69) is 10.0 Å². The van der Waals surface area contributed by atoms with Crippen LogP contribution in [0, 0.1) is 5.82 Å². The van der Waals surface area contributed by atoms with Crippen LogP contribution < -0.4 is 10.0 Å². The number of nitrogens with one attached hydrogen (secondary N) is 2. The van der Waals surface area contributed by atoms with Crippen LogP contribution in [0.1, 0.15) is 29.3 Å². The maximum atomic E-state index is 13.5. The largest absolute Gasteiger partial charge is 0.352 e. The van der Waals surface area contributed by atoms with Crippen molar-refractivity contribution in [3.63, 3.8) is 0 Å². The predicted octanol–water partition coefficient (Wildman–Crippen LogP) is 2.49. The van der Waals surface area contributed by atoms with Crippen molar-refractivity contribution in [3.05, 3.63) is 65.5 Å². The highest BCUT2D eigenvalue weighted by atomic mass is 32.2. The zero-order valence-corrected chi connectivity index (χ0v) is 14.8. The minimum Gasteiger partial charge on any atom is -0.352 e. The van der Waals surface area contributed by atoms with Gasteiger partial charge in [-0.3, -0.25) is 4.79 Å². The van der Waals surface area contributed by atoms with E-state index in [1.807, 2.05) is 6.92 Å². The van der Waals surface area contributed by atoms with Gasteiger partial charge in [-0.25, -0.2) is 17.5 Å². The van der Waals surface area contributed by atoms with Crippen LogP contribution in [0.4, 0.5) is 4.39 Å². The zero-order valence-electron chi connectivity index (χ0n) is 14.0. The number of halogens is 1. The number of carbonyl (C=O) groups is 1. The van der Waals surface area contributed by atoms with Crippen LogP contribution >= 0.6 is 0 Å². The lowest BCUT2D eigenvalue weighted by atomic mass is 10.2. The van der Waals surface area contributed by atoms with Crippen molar-refractivity contribution in [2.24, 2.45) is 0 Å². The average Bonchev–Trinajstić information content (AvgIpc) is 2.61. The summed E-state index contributed by atoms with van der Waals surface area (Å²) in [5, 5.41) is 2.57. The van der Waals surface area contributed by atoms with Gasteiger partial charge in [0.15, 0.2) is 0 Å². The first-order valence-electron chi connectivity index (χ1n) is 8.05.